The number of para-hydroxylation sites is 1. The van der Waals surface area contributed by atoms with E-state index in [-0.39, 0.29) is 11.4 Å². The number of aryl methyl sites for hydroxylation is 2. The summed E-state index contributed by atoms with van der Waals surface area (Å²) in [7, 11) is 2.17. The Kier molecular flexibility index (Phi) is 7.57. The number of benzene rings is 3. The van der Waals surface area contributed by atoms with Gasteiger partial charge in [0.05, 0.1) is 11.4 Å². The molecule has 0 radical (unpaired) electrons. The fourth-order valence-corrected chi connectivity index (χ4v) is 12.3. The number of aromatic nitrogens is 2. The summed E-state index contributed by atoms with van der Waals surface area (Å²) in [6, 6.07) is 39.4. The summed E-state index contributed by atoms with van der Waals surface area (Å²) in [5.74, 6) is 0. The van der Waals surface area contributed by atoms with E-state index in [2.05, 4.69) is 138 Å². The summed E-state index contributed by atoms with van der Waals surface area (Å²) in [5, 5.41) is 22.0. The summed E-state index contributed by atoms with van der Waals surface area (Å²) in [5.41, 5.74) is 11.0. The van der Waals surface area contributed by atoms with Gasteiger partial charge in [0.15, 0.2) is 0 Å². The monoisotopic (exact) mass is 780 g/mol. The van der Waals surface area contributed by atoms with Crippen LogP contribution in [0.3, 0.4) is 0 Å². The van der Waals surface area contributed by atoms with Crippen molar-refractivity contribution in [1.82, 2.24) is 9.55 Å². The molecule has 0 spiro atoms. The second-order valence-corrected chi connectivity index (χ2v) is 18.4. The van der Waals surface area contributed by atoms with Gasteiger partial charge in [-0.05, 0) is 114 Å². The van der Waals surface area contributed by atoms with Gasteiger partial charge in [0.25, 0.3) is 0 Å². The van der Waals surface area contributed by atoms with Crippen LogP contribution in [0.25, 0.3) is 90.3 Å². The predicted octanol–water partition coefficient (Wildman–Crippen LogP) is 14.2. The number of fused-ring (bicyclic) bond motifs is 6. The highest BCUT2D eigenvalue weighted by molar-refractivity contribution is 7.25. The van der Waals surface area contributed by atoms with Gasteiger partial charge < -0.3 is 9.55 Å². The summed E-state index contributed by atoms with van der Waals surface area (Å²) in [6.07, 6.45) is 10.8. The first-order valence-corrected chi connectivity index (χ1v) is 21.5. The number of allylic oxidation sites excluding steroid dienone is 5. The van der Waals surface area contributed by atoms with Crippen LogP contribution in [0.1, 0.15) is 27.4 Å². The third-order valence-corrected chi connectivity index (χ3v) is 15.8. The molecule has 0 fully saturated rings. The molecule has 3 aromatic carbocycles. The highest BCUT2D eigenvalue weighted by Gasteiger charge is 2.24. The van der Waals surface area contributed by atoms with Gasteiger partial charge in [-0.25, -0.2) is 0 Å². The molecule has 0 unspecified atom stereocenters. The maximum Gasteiger partial charge on any atom is 0.0882 e. The van der Waals surface area contributed by atoms with Crippen molar-refractivity contribution in [3.8, 4) is 40.4 Å². The normalized spacial score (nSPS) is 14.3. The summed E-state index contributed by atoms with van der Waals surface area (Å²) >= 11 is 7.00. The van der Waals surface area contributed by atoms with E-state index in [1.54, 1.807) is 34.0 Å². The molecule has 2 aliphatic rings. The lowest BCUT2D eigenvalue weighted by Gasteiger charge is -2.15. The zero-order chi connectivity index (χ0) is 36.8. The van der Waals surface area contributed by atoms with Crippen molar-refractivity contribution >= 4 is 107 Å². The van der Waals surface area contributed by atoms with Crippen LogP contribution < -0.4 is 0 Å². The molecule has 8 heteroatoms. The standard InChI is InChI=1S/C47H32N4S4/c1-51-36-9-5-3-7-29(36)33-25-27(11-15-37(33)51)39-17-21-43(53-39)45-23-19-41(55-45)31-13-12-30(46(48)47(31)49)40-18-22-44(54-40)42-20-16-38(52-42)26-10-14-35-32(24-26)28-6-2-4-8-34(28)50-35/h2,4-6,8-25,48-50H,3,7H2,1H3. The van der Waals surface area contributed by atoms with Crippen molar-refractivity contribution in [2.45, 2.75) is 12.8 Å². The van der Waals surface area contributed by atoms with E-state index in [9.17, 15) is 0 Å². The quantitative estimate of drug-likeness (QED) is 0.141. The van der Waals surface area contributed by atoms with Gasteiger partial charge in [0, 0.05) is 95.6 Å². The molecule has 0 amide bonds. The van der Waals surface area contributed by atoms with E-state index in [0.29, 0.717) is 0 Å². The van der Waals surface area contributed by atoms with E-state index >= 15 is 0 Å². The lowest BCUT2D eigenvalue weighted by Crippen LogP contribution is -2.17. The number of rotatable bonds is 6. The zero-order valence-corrected chi connectivity index (χ0v) is 33.0. The average molecular weight is 781 g/mol. The van der Waals surface area contributed by atoms with Crippen molar-refractivity contribution in [1.29, 1.82) is 10.8 Å². The van der Waals surface area contributed by atoms with E-state index in [4.69, 9.17) is 10.8 Å². The lowest BCUT2D eigenvalue weighted by molar-refractivity contribution is 0.908. The van der Waals surface area contributed by atoms with Gasteiger partial charge in [-0.15, -0.1) is 45.3 Å². The van der Waals surface area contributed by atoms with E-state index in [1.807, 2.05) is 23.5 Å². The number of H-pyrrole nitrogens is 1. The number of aromatic amines is 1. The molecule has 264 valence electrons. The second-order valence-electron chi connectivity index (χ2n) is 14.1. The van der Waals surface area contributed by atoms with Crippen LogP contribution in [0.4, 0.5) is 0 Å². The zero-order valence-electron chi connectivity index (χ0n) is 29.7. The fourth-order valence-electron chi connectivity index (χ4n) is 8.09. The number of hydrogen-bond donors (Lipinski definition) is 3. The minimum Gasteiger partial charge on any atom is -0.355 e. The number of nitrogens with zero attached hydrogens (tertiary/aromatic N) is 1. The molecule has 2 aliphatic carbocycles. The van der Waals surface area contributed by atoms with E-state index in [0.717, 1.165) is 44.8 Å². The SMILES string of the molecule is Cn1c2c(c3cc(-c4ccc(-c5ccc(C6=CC=C(c7ccc(-c8ccc(-c9ccc%10[nH]c%11ccccc%11c%10c9)s8)s7)C(=N)C6=N)s5)s4)ccc31)CCC=C2. The Morgan fingerprint density at radius 1 is 0.545 bits per heavy atom. The summed E-state index contributed by atoms with van der Waals surface area (Å²) in [6.45, 7) is 0. The van der Waals surface area contributed by atoms with Crippen LogP contribution in [0.5, 0.6) is 0 Å². The molecule has 0 bridgehead atoms. The molecule has 6 heterocycles. The molecule has 0 saturated heterocycles. The molecule has 4 nitrogen and oxygen atoms in total. The predicted molar refractivity (Wildman–Crippen MR) is 241 cm³/mol. The molecule has 0 saturated carbocycles. The van der Waals surface area contributed by atoms with Crippen LogP contribution in [-0.4, -0.2) is 21.0 Å². The van der Waals surface area contributed by atoms with Gasteiger partial charge >= 0.3 is 0 Å². The topological polar surface area (TPSA) is 68.4 Å². The molecule has 0 atom stereocenters. The molecule has 0 aliphatic heterocycles. The Hall–Kier alpha value is -5.64. The average Bonchev–Trinajstić information content (AvgIpc) is 4.08. The van der Waals surface area contributed by atoms with Crippen molar-refractivity contribution in [3.63, 3.8) is 0 Å². The lowest BCUT2D eigenvalue weighted by atomic mass is 9.92. The highest BCUT2D eigenvalue weighted by Crippen LogP contribution is 2.44. The molecular weight excluding hydrogens is 749 g/mol. The molecule has 9 aromatic rings. The van der Waals surface area contributed by atoms with Gasteiger partial charge in [-0.1, -0.05) is 48.6 Å². The van der Waals surface area contributed by atoms with Crippen LogP contribution in [0, 0.1) is 10.8 Å². The Bertz CT molecular complexity index is 3160. The largest absolute Gasteiger partial charge is 0.355 e. The van der Waals surface area contributed by atoms with E-state index < -0.39 is 0 Å². The fraction of sp³-hybridized carbons (Fsp3) is 0.0638. The molecular formula is C47H32N4S4. The smallest absolute Gasteiger partial charge is 0.0882 e. The Morgan fingerprint density at radius 3 is 1.73 bits per heavy atom. The Balaban J connectivity index is 0.836. The van der Waals surface area contributed by atoms with Crippen LogP contribution >= 0.6 is 45.3 Å². The van der Waals surface area contributed by atoms with Crippen molar-refractivity contribution < 1.29 is 0 Å². The maximum atomic E-state index is 9.07. The Labute approximate surface area is 333 Å². The van der Waals surface area contributed by atoms with Gasteiger partial charge in [0.2, 0.25) is 0 Å². The summed E-state index contributed by atoms with van der Waals surface area (Å²) in [4.78, 5) is 12.8. The first-order chi connectivity index (χ1) is 27.0. The van der Waals surface area contributed by atoms with Crippen LogP contribution in [-0.2, 0) is 13.5 Å². The van der Waals surface area contributed by atoms with Crippen LogP contribution in [0.2, 0.25) is 0 Å². The van der Waals surface area contributed by atoms with Gasteiger partial charge in [-0.2, -0.15) is 0 Å². The number of hydrogen-bond acceptors (Lipinski definition) is 6. The Morgan fingerprint density at radius 2 is 1.07 bits per heavy atom. The molecule has 3 N–H and O–H groups in total. The summed E-state index contributed by atoms with van der Waals surface area (Å²) < 4.78 is 2.32. The molecule has 11 rings (SSSR count). The maximum absolute atomic E-state index is 9.07. The molecule has 55 heavy (non-hydrogen) atoms. The third-order valence-electron chi connectivity index (χ3n) is 10.9. The van der Waals surface area contributed by atoms with Crippen LogP contribution in [0.15, 0.2) is 127 Å². The van der Waals surface area contributed by atoms with Gasteiger partial charge in [0.1, 0.15) is 0 Å². The number of thiophene rings is 4. The minimum absolute atomic E-state index is 0.271. The third kappa shape index (κ3) is 5.35. The highest BCUT2D eigenvalue weighted by atomic mass is 32.1. The van der Waals surface area contributed by atoms with Crippen molar-refractivity contribution in [2.75, 3.05) is 0 Å². The van der Waals surface area contributed by atoms with E-state index in [1.165, 1.54) is 73.3 Å². The van der Waals surface area contributed by atoms with Crippen molar-refractivity contribution in [2.24, 2.45) is 7.05 Å². The van der Waals surface area contributed by atoms with Gasteiger partial charge in [-0.3, -0.25) is 10.8 Å². The number of nitrogens with one attached hydrogen (secondary N) is 3. The first kappa shape index (κ1) is 32.8. The first-order valence-electron chi connectivity index (χ1n) is 18.3. The van der Waals surface area contributed by atoms with Crippen molar-refractivity contribution in [3.05, 3.63) is 148 Å². The minimum atomic E-state index is 0.271. The molecule has 6 aromatic heterocycles. The second kappa shape index (κ2) is 12.7.